The molecule has 0 aliphatic heterocycles. The van der Waals surface area contributed by atoms with Crippen molar-refractivity contribution in [3.05, 3.63) is 81.9 Å². The Labute approximate surface area is 233 Å². The molecule has 0 aromatic heterocycles. The molecule has 0 saturated carbocycles. The predicted molar refractivity (Wildman–Crippen MR) is 151 cm³/mol. The molecule has 5 heteroatoms. The first kappa shape index (κ1) is 32.1. The zero-order valence-electron chi connectivity index (χ0n) is 23.3. The molecule has 0 unspecified atom stereocenters. The summed E-state index contributed by atoms with van der Waals surface area (Å²) in [5.41, 5.74) is 9.29. The molecule has 37 heavy (non-hydrogen) atoms. The second kappa shape index (κ2) is 16.0. The first-order valence-corrected chi connectivity index (χ1v) is 12.9. The maximum atomic E-state index is 11.5. The third-order valence-corrected chi connectivity index (χ3v) is 6.42. The van der Waals surface area contributed by atoms with Gasteiger partial charge in [0, 0.05) is 6.21 Å². The van der Waals surface area contributed by atoms with Crippen LogP contribution < -0.4 is 10.2 Å². The van der Waals surface area contributed by atoms with Crippen molar-refractivity contribution >= 4 is 23.3 Å². The van der Waals surface area contributed by atoms with Gasteiger partial charge >= 0.3 is 16.5 Å². The number of hydrogen-bond acceptors (Lipinski definition) is 4. The van der Waals surface area contributed by atoms with E-state index in [1.54, 1.807) is 19.1 Å². The summed E-state index contributed by atoms with van der Waals surface area (Å²) >= 11 is 0. The Bertz CT molecular complexity index is 1220. The fourth-order valence-corrected chi connectivity index (χ4v) is 3.58. The van der Waals surface area contributed by atoms with E-state index in [9.17, 15) is 10.2 Å². The number of benzene rings is 3. The van der Waals surface area contributed by atoms with E-state index >= 15 is 0 Å². The molecule has 0 spiro atoms. The molecule has 0 bridgehead atoms. The smallest absolute Gasteiger partial charge is 0.873 e. The summed E-state index contributed by atoms with van der Waals surface area (Å²) in [6.45, 7) is 14.4. The summed E-state index contributed by atoms with van der Waals surface area (Å²) in [5.74, 6) is -0.639. The fraction of sp³-hybridized carbons (Fsp3) is 0.375. The first-order valence-electron chi connectivity index (χ1n) is 12.9. The standard InChI is InChI=1S/C20H24N2.C12H18O2.Ni/c1-6-18(22-20-10-8-15(3)17(5)12-20)13-21-19-9-7-14(2)16(4)11-19;1-3-4-5-6-10-8-7-9(2)11(13)12(10)14;/h7-13H,6H2,1-5H3;7-8,13-14H,3-6H2,1-2H3;/q;;+2/p-2/b21-13+,22-18+;;. The maximum absolute atomic E-state index is 11.5. The molecule has 0 aliphatic rings. The predicted octanol–water partition coefficient (Wildman–Crippen LogP) is 7.68. The Morgan fingerprint density at radius 2 is 1.27 bits per heavy atom. The second-order valence-electron chi connectivity index (χ2n) is 9.41. The quantitative estimate of drug-likeness (QED) is 0.166. The normalized spacial score (nSPS) is 11.2. The van der Waals surface area contributed by atoms with E-state index in [4.69, 9.17) is 4.99 Å². The van der Waals surface area contributed by atoms with E-state index in [2.05, 4.69) is 76.9 Å². The summed E-state index contributed by atoms with van der Waals surface area (Å²) in [7, 11) is 0. The zero-order valence-corrected chi connectivity index (χ0v) is 24.2. The van der Waals surface area contributed by atoms with Crippen LogP contribution in [0.2, 0.25) is 0 Å². The monoisotopic (exact) mass is 542 g/mol. The third kappa shape index (κ3) is 10.2. The van der Waals surface area contributed by atoms with Crippen molar-refractivity contribution in [1.29, 1.82) is 0 Å². The molecule has 0 heterocycles. The van der Waals surface area contributed by atoms with Gasteiger partial charge in [-0.1, -0.05) is 62.1 Å². The van der Waals surface area contributed by atoms with Crippen LogP contribution in [0.3, 0.4) is 0 Å². The van der Waals surface area contributed by atoms with Gasteiger partial charge in [0.1, 0.15) is 0 Å². The van der Waals surface area contributed by atoms with Gasteiger partial charge in [-0.05, 0) is 100 Å². The number of unbranched alkanes of at least 4 members (excludes halogenated alkanes) is 2. The Kier molecular flexibility index (Phi) is 13.9. The number of rotatable bonds is 8. The maximum Gasteiger partial charge on any atom is 2.00 e. The van der Waals surface area contributed by atoms with Crippen LogP contribution >= 0.6 is 0 Å². The average Bonchev–Trinajstić information content (AvgIpc) is 2.86. The van der Waals surface area contributed by atoms with Crippen molar-refractivity contribution in [2.45, 2.75) is 80.6 Å². The zero-order chi connectivity index (χ0) is 26.7. The molecular weight excluding hydrogens is 503 g/mol. The molecule has 0 N–H and O–H groups in total. The van der Waals surface area contributed by atoms with Crippen molar-refractivity contribution < 1.29 is 26.7 Å². The van der Waals surface area contributed by atoms with E-state index < -0.39 is 0 Å². The van der Waals surface area contributed by atoms with E-state index in [1.807, 2.05) is 12.3 Å². The number of aliphatic imine (C=N–C) groups is 2. The van der Waals surface area contributed by atoms with Gasteiger partial charge in [0.25, 0.3) is 0 Å². The molecule has 0 aliphatic carbocycles. The Morgan fingerprint density at radius 3 is 1.84 bits per heavy atom. The Hall–Kier alpha value is -2.91. The van der Waals surface area contributed by atoms with Crippen LogP contribution in [0.5, 0.6) is 11.5 Å². The van der Waals surface area contributed by atoms with E-state index in [0.717, 1.165) is 49.2 Å². The van der Waals surface area contributed by atoms with Gasteiger partial charge in [0.05, 0.1) is 17.1 Å². The molecule has 200 valence electrons. The molecule has 0 atom stereocenters. The van der Waals surface area contributed by atoms with E-state index in [0.29, 0.717) is 11.1 Å². The van der Waals surface area contributed by atoms with Gasteiger partial charge in [0.15, 0.2) is 0 Å². The van der Waals surface area contributed by atoms with Gasteiger partial charge < -0.3 is 10.2 Å². The Balaban J connectivity index is 0.000000396. The van der Waals surface area contributed by atoms with Crippen LogP contribution in [0.25, 0.3) is 0 Å². The molecule has 3 aromatic rings. The first-order chi connectivity index (χ1) is 17.2. The summed E-state index contributed by atoms with van der Waals surface area (Å²) < 4.78 is 0. The van der Waals surface area contributed by atoms with Gasteiger partial charge in [-0.3, -0.25) is 9.98 Å². The Morgan fingerprint density at radius 1 is 0.703 bits per heavy atom. The van der Waals surface area contributed by atoms with Crippen LogP contribution in [0, 0.1) is 34.6 Å². The molecule has 0 amide bonds. The largest absolute Gasteiger partial charge is 2.00 e. The summed E-state index contributed by atoms with van der Waals surface area (Å²) in [5, 5.41) is 22.8. The minimum atomic E-state index is -0.334. The SMILES string of the molecule is CCC(/C=N/c1ccc(C)c(C)c1)=N\c1ccc(C)c(C)c1.CCCCCc1ccc(C)c([O-])c1[O-].[Ni+2]. The minimum Gasteiger partial charge on any atom is -0.873 e. The van der Waals surface area contributed by atoms with Crippen LogP contribution in [0.1, 0.15) is 72.9 Å². The molecule has 3 rings (SSSR count). The van der Waals surface area contributed by atoms with Crippen molar-refractivity contribution in [3.8, 4) is 11.5 Å². The van der Waals surface area contributed by atoms with Gasteiger partial charge in [-0.2, -0.15) is 0 Å². The van der Waals surface area contributed by atoms with Gasteiger partial charge in [-0.15, -0.1) is 11.5 Å². The van der Waals surface area contributed by atoms with Crippen LogP contribution in [0.4, 0.5) is 11.4 Å². The van der Waals surface area contributed by atoms with Crippen LogP contribution in [-0.2, 0) is 22.9 Å². The van der Waals surface area contributed by atoms with Gasteiger partial charge in [-0.25, -0.2) is 0 Å². The molecule has 3 aromatic carbocycles. The fourth-order valence-electron chi connectivity index (χ4n) is 3.58. The van der Waals surface area contributed by atoms with Crippen molar-refractivity contribution in [2.24, 2.45) is 9.98 Å². The molecule has 0 saturated heterocycles. The van der Waals surface area contributed by atoms with Gasteiger partial charge in [0.2, 0.25) is 0 Å². The van der Waals surface area contributed by atoms with Crippen LogP contribution in [-0.4, -0.2) is 11.9 Å². The molecule has 0 fully saturated rings. The second-order valence-corrected chi connectivity index (χ2v) is 9.41. The van der Waals surface area contributed by atoms with Crippen LogP contribution in [0.15, 0.2) is 58.5 Å². The molecule has 4 nitrogen and oxygen atoms in total. The summed E-state index contributed by atoms with van der Waals surface area (Å²) in [6.07, 6.45) is 6.71. The topological polar surface area (TPSA) is 70.8 Å². The molecule has 0 radical (unpaired) electrons. The summed E-state index contributed by atoms with van der Waals surface area (Å²) in [6, 6.07) is 16.1. The van der Waals surface area contributed by atoms with Crippen molar-refractivity contribution in [3.63, 3.8) is 0 Å². The third-order valence-electron chi connectivity index (χ3n) is 6.42. The van der Waals surface area contributed by atoms with Crippen molar-refractivity contribution in [2.75, 3.05) is 0 Å². The number of nitrogens with zero attached hydrogens (tertiary/aromatic N) is 2. The summed E-state index contributed by atoms with van der Waals surface area (Å²) in [4.78, 5) is 9.26. The number of hydrogen-bond donors (Lipinski definition) is 0. The minimum absolute atomic E-state index is 0. The average molecular weight is 543 g/mol. The van der Waals surface area contributed by atoms with Crippen molar-refractivity contribution in [1.82, 2.24) is 0 Å². The number of aryl methyl sites for hydroxylation is 6. The molecular formula is C32H40N2NiO2. The van der Waals surface area contributed by atoms with E-state index in [1.165, 1.54) is 22.3 Å². The van der Waals surface area contributed by atoms with E-state index in [-0.39, 0.29) is 28.0 Å².